The van der Waals surface area contributed by atoms with Crippen molar-refractivity contribution < 1.29 is 18.8 Å². The van der Waals surface area contributed by atoms with Crippen LogP contribution in [0.2, 0.25) is 0 Å². The highest BCUT2D eigenvalue weighted by Gasteiger charge is 2.25. The van der Waals surface area contributed by atoms with E-state index in [1.165, 1.54) is 12.5 Å². The zero-order chi connectivity index (χ0) is 21.6. The first kappa shape index (κ1) is 20.4. The zero-order valence-corrected chi connectivity index (χ0v) is 16.9. The van der Waals surface area contributed by atoms with Crippen LogP contribution in [-0.2, 0) is 0 Å². The summed E-state index contributed by atoms with van der Waals surface area (Å²) in [6.45, 7) is 1.17. The van der Waals surface area contributed by atoms with E-state index in [-0.39, 0.29) is 23.8 Å². The van der Waals surface area contributed by atoms with E-state index >= 15 is 0 Å². The Bertz CT molecular complexity index is 1040. The SMILES string of the molecule is O=C(Nc1ccc(C(=O)NC2CCN(C(=O)c3ccoc3)CC2)cc1)c1ccccc1. The van der Waals surface area contributed by atoms with E-state index in [0.717, 1.165) is 0 Å². The van der Waals surface area contributed by atoms with Crippen molar-refractivity contribution in [1.82, 2.24) is 10.2 Å². The number of benzene rings is 2. The van der Waals surface area contributed by atoms with Gasteiger partial charge in [0.05, 0.1) is 11.8 Å². The highest BCUT2D eigenvalue weighted by molar-refractivity contribution is 6.04. The summed E-state index contributed by atoms with van der Waals surface area (Å²) >= 11 is 0. The lowest BCUT2D eigenvalue weighted by Gasteiger charge is -2.32. The molecule has 2 aromatic carbocycles. The van der Waals surface area contributed by atoms with Crippen LogP contribution < -0.4 is 10.6 Å². The van der Waals surface area contributed by atoms with Crippen LogP contribution in [0.5, 0.6) is 0 Å². The number of likely N-dealkylation sites (tertiary alicyclic amines) is 1. The maximum atomic E-state index is 12.6. The number of furan rings is 1. The third-order valence-electron chi connectivity index (χ3n) is 5.33. The lowest BCUT2D eigenvalue weighted by Crippen LogP contribution is -2.46. The standard InChI is InChI=1S/C24H23N3O4/c28-22(17-4-2-1-3-5-17)25-20-8-6-18(7-9-20)23(29)26-21-10-13-27(14-11-21)24(30)19-12-15-31-16-19/h1-9,12,15-16,21H,10-11,13-14H2,(H,25,28)(H,26,29). The summed E-state index contributed by atoms with van der Waals surface area (Å²) in [5.41, 5.74) is 2.26. The van der Waals surface area contributed by atoms with Gasteiger partial charge in [-0.25, -0.2) is 0 Å². The minimum absolute atomic E-state index is 0.0124. The third-order valence-corrected chi connectivity index (χ3v) is 5.33. The molecule has 0 atom stereocenters. The quantitative estimate of drug-likeness (QED) is 0.664. The third kappa shape index (κ3) is 5.01. The highest BCUT2D eigenvalue weighted by atomic mass is 16.3. The molecule has 1 aliphatic heterocycles. The number of nitrogens with zero attached hydrogens (tertiary/aromatic N) is 1. The summed E-state index contributed by atoms with van der Waals surface area (Å²) in [7, 11) is 0. The normalized spacial score (nSPS) is 14.1. The van der Waals surface area contributed by atoms with E-state index in [9.17, 15) is 14.4 Å². The van der Waals surface area contributed by atoms with E-state index in [1.54, 1.807) is 59.5 Å². The van der Waals surface area contributed by atoms with E-state index < -0.39 is 0 Å². The van der Waals surface area contributed by atoms with E-state index in [4.69, 9.17) is 4.42 Å². The number of carbonyl (C=O) groups is 3. The van der Waals surface area contributed by atoms with Gasteiger partial charge in [0, 0.05) is 35.9 Å². The minimum atomic E-state index is -0.200. The number of piperidine rings is 1. The maximum Gasteiger partial charge on any atom is 0.257 e. The smallest absolute Gasteiger partial charge is 0.257 e. The molecule has 2 heterocycles. The Labute approximate surface area is 180 Å². The molecular weight excluding hydrogens is 394 g/mol. The topological polar surface area (TPSA) is 91.7 Å². The Morgan fingerprint density at radius 3 is 2.13 bits per heavy atom. The number of rotatable bonds is 5. The monoisotopic (exact) mass is 417 g/mol. The highest BCUT2D eigenvalue weighted by Crippen LogP contribution is 2.16. The van der Waals surface area contributed by atoms with Crippen LogP contribution in [0.4, 0.5) is 5.69 Å². The molecule has 7 heteroatoms. The van der Waals surface area contributed by atoms with Gasteiger partial charge in [-0.1, -0.05) is 18.2 Å². The molecule has 2 N–H and O–H groups in total. The van der Waals surface area contributed by atoms with Gasteiger partial charge >= 0.3 is 0 Å². The van der Waals surface area contributed by atoms with Crippen LogP contribution >= 0.6 is 0 Å². The summed E-state index contributed by atoms with van der Waals surface area (Å²) in [6, 6.07) is 17.4. The number of hydrogen-bond donors (Lipinski definition) is 2. The molecule has 7 nitrogen and oxygen atoms in total. The van der Waals surface area contributed by atoms with Crippen LogP contribution in [0.1, 0.15) is 43.9 Å². The Morgan fingerprint density at radius 1 is 0.806 bits per heavy atom. The molecule has 3 aromatic rings. The van der Waals surface area contributed by atoms with Crippen molar-refractivity contribution in [3.05, 3.63) is 89.9 Å². The van der Waals surface area contributed by atoms with Gasteiger partial charge in [-0.05, 0) is 55.3 Å². The number of nitrogens with one attached hydrogen (secondary N) is 2. The van der Waals surface area contributed by atoms with Gasteiger partial charge in [0.15, 0.2) is 0 Å². The lowest BCUT2D eigenvalue weighted by atomic mass is 10.0. The molecule has 1 saturated heterocycles. The van der Waals surface area contributed by atoms with Crippen LogP contribution in [0.25, 0.3) is 0 Å². The van der Waals surface area contributed by atoms with Crippen molar-refractivity contribution in [2.24, 2.45) is 0 Å². The molecule has 0 radical (unpaired) electrons. The first-order chi connectivity index (χ1) is 15.1. The molecule has 4 rings (SSSR count). The fourth-order valence-corrected chi connectivity index (χ4v) is 3.56. The Hall–Kier alpha value is -3.87. The maximum absolute atomic E-state index is 12.6. The number of hydrogen-bond acceptors (Lipinski definition) is 4. The van der Waals surface area contributed by atoms with Gasteiger partial charge in [-0.3, -0.25) is 14.4 Å². The van der Waals surface area contributed by atoms with Gasteiger partial charge in [0.25, 0.3) is 17.7 Å². The van der Waals surface area contributed by atoms with Crippen LogP contribution in [0, 0.1) is 0 Å². The van der Waals surface area contributed by atoms with Crippen LogP contribution in [-0.4, -0.2) is 41.8 Å². The van der Waals surface area contributed by atoms with Crippen LogP contribution in [0.15, 0.2) is 77.6 Å². The summed E-state index contributed by atoms with van der Waals surface area (Å²) in [5, 5.41) is 5.85. The van der Waals surface area contributed by atoms with Gasteiger partial charge in [-0.2, -0.15) is 0 Å². The zero-order valence-electron chi connectivity index (χ0n) is 16.9. The molecule has 31 heavy (non-hydrogen) atoms. The Kier molecular flexibility index (Phi) is 6.12. The van der Waals surface area contributed by atoms with Crippen molar-refractivity contribution in [3.8, 4) is 0 Å². The molecule has 1 fully saturated rings. The van der Waals surface area contributed by atoms with Crippen molar-refractivity contribution in [2.45, 2.75) is 18.9 Å². The second kappa shape index (κ2) is 9.30. The first-order valence-corrected chi connectivity index (χ1v) is 10.2. The first-order valence-electron chi connectivity index (χ1n) is 10.2. The van der Waals surface area contributed by atoms with E-state index in [2.05, 4.69) is 10.6 Å². The average Bonchev–Trinajstić information content (AvgIpc) is 3.35. The molecule has 1 aromatic heterocycles. The minimum Gasteiger partial charge on any atom is -0.472 e. The molecule has 0 aliphatic carbocycles. The summed E-state index contributed by atoms with van der Waals surface area (Å²) in [6.07, 6.45) is 4.32. The average molecular weight is 417 g/mol. The number of amides is 3. The molecule has 3 amide bonds. The fraction of sp³-hybridized carbons (Fsp3) is 0.208. The van der Waals surface area contributed by atoms with Gasteiger partial charge < -0.3 is 20.0 Å². The molecule has 0 unspecified atom stereocenters. The lowest BCUT2D eigenvalue weighted by molar-refractivity contribution is 0.0697. The molecule has 158 valence electrons. The molecule has 0 spiro atoms. The fourth-order valence-electron chi connectivity index (χ4n) is 3.56. The summed E-state index contributed by atoms with van der Waals surface area (Å²) in [4.78, 5) is 38.9. The molecular formula is C24H23N3O4. The van der Waals surface area contributed by atoms with E-state index in [0.29, 0.717) is 48.3 Å². The largest absolute Gasteiger partial charge is 0.472 e. The van der Waals surface area contributed by atoms with Crippen LogP contribution in [0.3, 0.4) is 0 Å². The van der Waals surface area contributed by atoms with Gasteiger partial charge in [0.2, 0.25) is 0 Å². The van der Waals surface area contributed by atoms with Crippen molar-refractivity contribution in [2.75, 3.05) is 18.4 Å². The molecule has 0 bridgehead atoms. The van der Waals surface area contributed by atoms with Crippen molar-refractivity contribution >= 4 is 23.4 Å². The predicted molar refractivity (Wildman–Crippen MR) is 116 cm³/mol. The number of carbonyl (C=O) groups excluding carboxylic acids is 3. The van der Waals surface area contributed by atoms with E-state index in [1.807, 2.05) is 6.07 Å². The van der Waals surface area contributed by atoms with Crippen molar-refractivity contribution in [3.63, 3.8) is 0 Å². The second-order valence-corrected chi connectivity index (χ2v) is 7.45. The predicted octanol–water partition coefficient (Wildman–Crippen LogP) is 3.57. The van der Waals surface area contributed by atoms with Gasteiger partial charge in [0.1, 0.15) is 6.26 Å². The Balaban J connectivity index is 1.27. The Morgan fingerprint density at radius 2 is 1.48 bits per heavy atom. The molecule has 0 saturated carbocycles. The molecule has 1 aliphatic rings. The second-order valence-electron chi connectivity index (χ2n) is 7.45. The van der Waals surface area contributed by atoms with Gasteiger partial charge in [-0.15, -0.1) is 0 Å². The summed E-state index contributed by atoms with van der Waals surface area (Å²) < 4.78 is 4.97. The van der Waals surface area contributed by atoms with Crippen molar-refractivity contribution in [1.29, 1.82) is 0 Å². The number of anilines is 1. The summed E-state index contributed by atoms with van der Waals surface area (Å²) in [5.74, 6) is -0.415.